The van der Waals surface area contributed by atoms with Crippen LogP contribution in [0.2, 0.25) is 0 Å². The Hall–Kier alpha value is -3.59. The van der Waals surface area contributed by atoms with Crippen molar-refractivity contribution < 1.29 is 0 Å². The number of pyridine rings is 1. The molecule has 1 aromatic heterocycles. The molecule has 4 rings (SSSR count). The highest BCUT2D eigenvalue weighted by Crippen LogP contribution is 2.29. The Morgan fingerprint density at radius 3 is 1.74 bits per heavy atom. The Bertz CT molecular complexity index is 1380. The number of nitrogens with zero attached hydrogens (tertiary/aromatic N) is 3. The summed E-state index contributed by atoms with van der Waals surface area (Å²) in [6.45, 7) is 12.9. The maximum atomic E-state index is 5.08. The maximum Gasteiger partial charge on any atom is 0.0928 e. The van der Waals surface area contributed by atoms with Crippen molar-refractivity contribution in [1.82, 2.24) is 4.98 Å². The summed E-state index contributed by atoms with van der Waals surface area (Å²) in [6, 6.07) is 27.2. The zero-order valence-electron chi connectivity index (χ0n) is 21.0. The number of aliphatic imine (C=N–C) groups is 2. The number of hydrogen-bond donors (Lipinski definition) is 0. The number of para-hydroxylation sites is 2. The van der Waals surface area contributed by atoms with Crippen LogP contribution in [0.25, 0.3) is 10.8 Å². The number of fused-ring (bicyclic) bond motifs is 1. The highest BCUT2D eigenvalue weighted by Gasteiger charge is 2.13. The van der Waals surface area contributed by atoms with Gasteiger partial charge in [0.2, 0.25) is 0 Å². The van der Waals surface area contributed by atoms with Gasteiger partial charge in [-0.2, -0.15) is 0 Å². The summed E-state index contributed by atoms with van der Waals surface area (Å²) in [5.74, 6) is 0.808. The Labute approximate surface area is 203 Å². The molecule has 0 radical (unpaired) electrons. The van der Waals surface area contributed by atoms with Crippen molar-refractivity contribution in [3.63, 3.8) is 0 Å². The molecule has 4 aromatic rings. The van der Waals surface area contributed by atoms with E-state index in [0.29, 0.717) is 11.8 Å². The van der Waals surface area contributed by atoms with Crippen LogP contribution < -0.4 is 0 Å². The molecule has 0 unspecified atom stereocenters. The molecule has 0 spiro atoms. The fraction of sp³-hybridized carbons (Fsp3) is 0.258. The Morgan fingerprint density at radius 2 is 1.15 bits per heavy atom. The monoisotopic (exact) mass is 447 g/mol. The van der Waals surface area contributed by atoms with E-state index < -0.39 is 0 Å². The third kappa shape index (κ3) is 4.99. The second-order valence-electron chi connectivity index (χ2n) is 9.40. The fourth-order valence-corrected chi connectivity index (χ4v) is 4.29. The number of aromatic nitrogens is 1. The van der Waals surface area contributed by atoms with Crippen molar-refractivity contribution in [2.45, 2.75) is 53.4 Å². The molecule has 0 saturated carbocycles. The average Bonchev–Trinajstić information content (AvgIpc) is 2.83. The molecule has 0 fully saturated rings. The molecule has 0 saturated heterocycles. The van der Waals surface area contributed by atoms with Gasteiger partial charge in [0.05, 0.1) is 34.2 Å². The van der Waals surface area contributed by atoms with Gasteiger partial charge >= 0.3 is 0 Å². The van der Waals surface area contributed by atoms with Crippen LogP contribution in [-0.4, -0.2) is 16.4 Å². The topological polar surface area (TPSA) is 37.6 Å². The van der Waals surface area contributed by atoms with Gasteiger partial charge in [-0.05, 0) is 60.4 Å². The van der Waals surface area contributed by atoms with Crippen molar-refractivity contribution in [2.75, 3.05) is 0 Å². The van der Waals surface area contributed by atoms with Crippen LogP contribution in [0.3, 0.4) is 0 Å². The molecule has 34 heavy (non-hydrogen) atoms. The summed E-state index contributed by atoms with van der Waals surface area (Å²) in [6.07, 6.45) is 0. The van der Waals surface area contributed by atoms with E-state index >= 15 is 0 Å². The summed E-state index contributed by atoms with van der Waals surface area (Å²) >= 11 is 0. The molecule has 172 valence electrons. The van der Waals surface area contributed by atoms with Crippen molar-refractivity contribution in [3.05, 3.63) is 101 Å². The third-order valence-electron chi connectivity index (χ3n) is 6.15. The van der Waals surface area contributed by atoms with Gasteiger partial charge in [-0.15, -0.1) is 0 Å². The minimum atomic E-state index is 0.402. The largest absolute Gasteiger partial charge is 0.251 e. The quantitative estimate of drug-likeness (QED) is 0.272. The lowest BCUT2D eigenvalue weighted by Gasteiger charge is -2.13. The SMILES string of the molecule is C/C(=N\c1ccccc1C(C)C)c1cc2ccccc2c(/C(C)=N/c2ccccc2C(C)C)n1. The van der Waals surface area contributed by atoms with E-state index in [1.807, 2.05) is 19.1 Å². The van der Waals surface area contributed by atoms with Crippen molar-refractivity contribution >= 4 is 33.6 Å². The molecule has 0 N–H and O–H groups in total. The summed E-state index contributed by atoms with van der Waals surface area (Å²) in [5, 5.41) is 2.24. The van der Waals surface area contributed by atoms with Crippen LogP contribution in [0, 0.1) is 0 Å². The molecule has 3 heteroatoms. The van der Waals surface area contributed by atoms with E-state index in [0.717, 1.165) is 45.0 Å². The first kappa shape index (κ1) is 23.6. The summed E-state index contributed by atoms with van der Waals surface area (Å²) in [4.78, 5) is 15.1. The zero-order chi connectivity index (χ0) is 24.2. The normalized spacial score (nSPS) is 12.7. The van der Waals surface area contributed by atoms with Gasteiger partial charge in [-0.3, -0.25) is 9.98 Å². The van der Waals surface area contributed by atoms with E-state index in [-0.39, 0.29) is 0 Å². The zero-order valence-corrected chi connectivity index (χ0v) is 21.0. The van der Waals surface area contributed by atoms with Crippen LogP contribution in [0.1, 0.15) is 75.9 Å². The van der Waals surface area contributed by atoms with Gasteiger partial charge < -0.3 is 0 Å². The van der Waals surface area contributed by atoms with Gasteiger partial charge in [0, 0.05) is 5.39 Å². The highest BCUT2D eigenvalue weighted by atomic mass is 14.8. The van der Waals surface area contributed by atoms with Crippen LogP contribution in [0.15, 0.2) is 88.8 Å². The van der Waals surface area contributed by atoms with E-state index in [1.54, 1.807) is 0 Å². The Morgan fingerprint density at radius 1 is 0.647 bits per heavy atom. The standard InChI is InChI=1S/C31H33N3/c1-20(2)25-14-9-11-17-28(25)32-22(5)30-19-24-13-7-8-16-27(24)31(34-30)23(6)33-29-18-12-10-15-26(29)21(3)4/h7-21H,1-6H3/b32-22+,33-23+. The van der Waals surface area contributed by atoms with E-state index in [9.17, 15) is 0 Å². The van der Waals surface area contributed by atoms with E-state index in [4.69, 9.17) is 15.0 Å². The maximum absolute atomic E-state index is 5.08. The predicted octanol–water partition coefficient (Wildman–Crippen LogP) is 8.76. The fourth-order valence-electron chi connectivity index (χ4n) is 4.29. The van der Waals surface area contributed by atoms with Gasteiger partial charge in [0.25, 0.3) is 0 Å². The average molecular weight is 448 g/mol. The minimum Gasteiger partial charge on any atom is -0.251 e. The smallest absolute Gasteiger partial charge is 0.0928 e. The van der Waals surface area contributed by atoms with Crippen LogP contribution >= 0.6 is 0 Å². The molecular formula is C31H33N3. The van der Waals surface area contributed by atoms with Gasteiger partial charge in [0.15, 0.2) is 0 Å². The van der Waals surface area contributed by atoms with E-state index in [1.165, 1.54) is 11.1 Å². The first-order chi connectivity index (χ1) is 16.3. The molecule has 3 nitrogen and oxygen atoms in total. The molecule has 0 aliphatic rings. The van der Waals surface area contributed by atoms with Gasteiger partial charge in [0.1, 0.15) is 0 Å². The predicted molar refractivity (Wildman–Crippen MR) is 147 cm³/mol. The molecule has 0 aliphatic carbocycles. The van der Waals surface area contributed by atoms with Crippen molar-refractivity contribution in [2.24, 2.45) is 9.98 Å². The lowest BCUT2D eigenvalue weighted by atomic mass is 10.0. The Balaban J connectivity index is 1.85. The minimum absolute atomic E-state index is 0.402. The van der Waals surface area contributed by atoms with Gasteiger partial charge in [-0.25, -0.2) is 4.98 Å². The third-order valence-corrected chi connectivity index (χ3v) is 6.15. The van der Waals surface area contributed by atoms with Crippen LogP contribution in [0.4, 0.5) is 11.4 Å². The number of hydrogen-bond acceptors (Lipinski definition) is 3. The van der Waals surface area contributed by atoms with Crippen molar-refractivity contribution in [1.29, 1.82) is 0 Å². The summed E-state index contributed by atoms with van der Waals surface area (Å²) in [7, 11) is 0. The lowest BCUT2D eigenvalue weighted by Crippen LogP contribution is -2.07. The number of rotatable bonds is 6. The molecule has 1 heterocycles. The molecule has 0 atom stereocenters. The molecular weight excluding hydrogens is 414 g/mol. The lowest BCUT2D eigenvalue weighted by molar-refractivity contribution is 0.867. The molecule has 3 aromatic carbocycles. The number of benzene rings is 3. The van der Waals surface area contributed by atoms with E-state index in [2.05, 4.69) is 101 Å². The van der Waals surface area contributed by atoms with Gasteiger partial charge in [-0.1, -0.05) is 88.4 Å². The molecule has 0 aliphatic heterocycles. The van der Waals surface area contributed by atoms with Crippen LogP contribution in [0.5, 0.6) is 0 Å². The first-order valence-electron chi connectivity index (χ1n) is 12.0. The van der Waals surface area contributed by atoms with Crippen molar-refractivity contribution in [3.8, 4) is 0 Å². The van der Waals surface area contributed by atoms with Crippen LogP contribution in [-0.2, 0) is 0 Å². The first-order valence-corrected chi connectivity index (χ1v) is 12.0. The molecule has 0 bridgehead atoms. The summed E-state index contributed by atoms with van der Waals surface area (Å²) in [5.41, 5.74) is 8.07. The second-order valence-corrected chi connectivity index (χ2v) is 9.40. The summed E-state index contributed by atoms with van der Waals surface area (Å²) < 4.78 is 0. The second kappa shape index (κ2) is 10.1. The Kier molecular flexibility index (Phi) is 7.02. The molecule has 0 amide bonds. The highest BCUT2D eigenvalue weighted by molar-refractivity contribution is 6.11.